The van der Waals surface area contributed by atoms with Gasteiger partial charge in [-0.1, -0.05) is 12.1 Å². The van der Waals surface area contributed by atoms with E-state index in [0.717, 1.165) is 25.0 Å². The van der Waals surface area contributed by atoms with E-state index < -0.39 is 11.5 Å². The highest BCUT2D eigenvalue weighted by Gasteiger charge is 2.44. The Morgan fingerprint density at radius 3 is 2.86 bits per heavy atom. The predicted octanol–water partition coefficient (Wildman–Crippen LogP) is 3.54. The standard InChI is InChI=1S/C19H24O3/c1-19(17(20)8-9-18(19)21)11-10-13-4-3-5-14-12-15(22-2)6-7-16(13)14/h6-7,10,12,17,20H,3-5,8-9,11H2,1-2H3/t17-,19+/m1/s1. The van der Waals surface area contributed by atoms with Crippen LogP contribution in [0.2, 0.25) is 0 Å². The van der Waals surface area contributed by atoms with Gasteiger partial charge in [0.05, 0.1) is 18.6 Å². The molecule has 1 aromatic carbocycles. The average molecular weight is 300 g/mol. The van der Waals surface area contributed by atoms with E-state index in [1.54, 1.807) is 7.11 Å². The molecule has 1 N–H and O–H groups in total. The smallest absolute Gasteiger partial charge is 0.141 e. The Kier molecular flexibility index (Phi) is 4.09. The van der Waals surface area contributed by atoms with Gasteiger partial charge >= 0.3 is 0 Å². The van der Waals surface area contributed by atoms with E-state index in [-0.39, 0.29) is 5.78 Å². The van der Waals surface area contributed by atoms with Crippen LogP contribution in [0.4, 0.5) is 0 Å². The van der Waals surface area contributed by atoms with E-state index in [4.69, 9.17) is 4.74 Å². The molecule has 22 heavy (non-hydrogen) atoms. The molecule has 0 aliphatic heterocycles. The van der Waals surface area contributed by atoms with Crippen LogP contribution in [0.5, 0.6) is 5.75 Å². The number of hydrogen-bond donors (Lipinski definition) is 1. The number of hydrogen-bond acceptors (Lipinski definition) is 3. The number of aliphatic hydroxyl groups is 1. The average Bonchev–Trinajstić information content (AvgIpc) is 2.80. The lowest BCUT2D eigenvalue weighted by Gasteiger charge is -2.26. The first-order valence-corrected chi connectivity index (χ1v) is 8.12. The fourth-order valence-electron chi connectivity index (χ4n) is 3.68. The molecule has 3 heteroatoms. The summed E-state index contributed by atoms with van der Waals surface area (Å²) in [5.74, 6) is 1.09. The normalized spacial score (nSPS) is 29.7. The molecule has 3 rings (SSSR count). The minimum absolute atomic E-state index is 0.197. The molecule has 0 amide bonds. The van der Waals surface area contributed by atoms with Crippen molar-refractivity contribution < 1.29 is 14.6 Å². The molecule has 2 aliphatic carbocycles. The minimum atomic E-state index is -0.600. The van der Waals surface area contributed by atoms with Crippen molar-refractivity contribution in [3.05, 3.63) is 35.4 Å². The van der Waals surface area contributed by atoms with Crippen LogP contribution in [0.1, 0.15) is 50.2 Å². The molecule has 0 bridgehead atoms. The monoisotopic (exact) mass is 300 g/mol. The molecule has 1 saturated carbocycles. The summed E-state index contributed by atoms with van der Waals surface area (Å²) < 4.78 is 5.30. The number of Topliss-reactive ketones (excluding diaryl/α,β-unsaturated/α-hetero) is 1. The fourth-order valence-corrected chi connectivity index (χ4v) is 3.68. The van der Waals surface area contributed by atoms with Crippen molar-refractivity contribution >= 4 is 11.4 Å². The maximum atomic E-state index is 12.1. The highest BCUT2D eigenvalue weighted by Crippen LogP contribution is 2.40. The van der Waals surface area contributed by atoms with Gasteiger partial charge in [-0.3, -0.25) is 4.79 Å². The van der Waals surface area contributed by atoms with Crippen LogP contribution in [0.25, 0.3) is 5.57 Å². The summed E-state index contributed by atoms with van der Waals surface area (Å²) in [6, 6.07) is 6.23. The van der Waals surface area contributed by atoms with Gasteiger partial charge in [-0.2, -0.15) is 0 Å². The van der Waals surface area contributed by atoms with Crippen LogP contribution < -0.4 is 4.74 Å². The first-order valence-electron chi connectivity index (χ1n) is 8.12. The zero-order chi connectivity index (χ0) is 15.7. The fraction of sp³-hybridized carbons (Fsp3) is 0.526. The van der Waals surface area contributed by atoms with Gasteiger partial charge in [0.25, 0.3) is 0 Å². The third kappa shape index (κ3) is 2.58. The Morgan fingerprint density at radius 1 is 1.36 bits per heavy atom. The summed E-state index contributed by atoms with van der Waals surface area (Å²) in [5, 5.41) is 10.1. The topological polar surface area (TPSA) is 46.5 Å². The van der Waals surface area contributed by atoms with Gasteiger partial charge in [0.1, 0.15) is 11.5 Å². The van der Waals surface area contributed by atoms with Crippen LogP contribution in [0.15, 0.2) is 24.3 Å². The van der Waals surface area contributed by atoms with E-state index in [9.17, 15) is 9.90 Å². The van der Waals surface area contributed by atoms with Crippen molar-refractivity contribution in [1.29, 1.82) is 0 Å². The number of fused-ring (bicyclic) bond motifs is 1. The van der Waals surface area contributed by atoms with E-state index in [2.05, 4.69) is 18.2 Å². The molecule has 0 heterocycles. The summed E-state index contributed by atoms with van der Waals surface area (Å²) in [5.41, 5.74) is 3.30. The van der Waals surface area contributed by atoms with Crippen LogP contribution in [-0.2, 0) is 11.2 Å². The summed E-state index contributed by atoms with van der Waals surface area (Å²) in [4.78, 5) is 12.1. The molecule has 1 fully saturated rings. The molecule has 2 atom stereocenters. The number of allylic oxidation sites excluding steroid dienone is 2. The third-order valence-electron chi connectivity index (χ3n) is 5.34. The third-order valence-corrected chi connectivity index (χ3v) is 5.34. The van der Waals surface area contributed by atoms with Crippen molar-refractivity contribution in [2.45, 2.75) is 51.6 Å². The molecule has 0 aromatic heterocycles. The number of ketones is 1. The first kappa shape index (κ1) is 15.3. The van der Waals surface area contributed by atoms with Crippen molar-refractivity contribution in [2.75, 3.05) is 7.11 Å². The Hall–Kier alpha value is -1.61. The lowest BCUT2D eigenvalue weighted by molar-refractivity contribution is -0.127. The van der Waals surface area contributed by atoms with Gasteiger partial charge < -0.3 is 9.84 Å². The molecule has 1 aromatic rings. The zero-order valence-corrected chi connectivity index (χ0v) is 13.4. The van der Waals surface area contributed by atoms with E-state index >= 15 is 0 Å². The second-order valence-electron chi connectivity index (χ2n) is 6.71. The number of benzene rings is 1. The summed E-state index contributed by atoms with van der Waals surface area (Å²) in [7, 11) is 1.69. The quantitative estimate of drug-likeness (QED) is 0.929. The number of rotatable bonds is 3. The van der Waals surface area contributed by atoms with Crippen LogP contribution in [0.3, 0.4) is 0 Å². The largest absolute Gasteiger partial charge is 0.497 e. The molecule has 3 nitrogen and oxygen atoms in total. The lowest BCUT2D eigenvalue weighted by Crippen LogP contribution is -2.32. The number of carbonyl (C=O) groups is 1. The second-order valence-corrected chi connectivity index (χ2v) is 6.71. The second kappa shape index (κ2) is 5.88. The SMILES string of the molecule is COc1ccc2c(c1)CCCC2=CC[C@]1(C)C(=O)CC[C@H]1O. The number of methoxy groups -OCH3 is 1. The van der Waals surface area contributed by atoms with E-state index in [0.29, 0.717) is 19.3 Å². The molecular weight excluding hydrogens is 276 g/mol. The first-order chi connectivity index (χ1) is 10.5. The Morgan fingerprint density at radius 2 is 2.18 bits per heavy atom. The van der Waals surface area contributed by atoms with E-state index in [1.165, 1.54) is 16.7 Å². The van der Waals surface area contributed by atoms with Gasteiger partial charge in [-0.05, 0) is 67.9 Å². The molecule has 0 saturated heterocycles. The van der Waals surface area contributed by atoms with Crippen molar-refractivity contribution in [3.63, 3.8) is 0 Å². The predicted molar refractivity (Wildman–Crippen MR) is 86.9 cm³/mol. The van der Waals surface area contributed by atoms with Gasteiger partial charge in [0.15, 0.2) is 0 Å². The van der Waals surface area contributed by atoms with Gasteiger partial charge in [0.2, 0.25) is 0 Å². The maximum Gasteiger partial charge on any atom is 0.141 e. The van der Waals surface area contributed by atoms with Crippen molar-refractivity contribution in [2.24, 2.45) is 5.41 Å². The molecular formula is C19H24O3. The Balaban J connectivity index is 1.86. The lowest BCUT2D eigenvalue weighted by atomic mass is 9.79. The number of aliphatic hydroxyl groups excluding tert-OH is 1. The molecule has 0 radical (unpaired) electrons. The summed E-state index contributed by atoms with van der Waals surface area (Å²) >= 11 is 0. The Labute approximate surface area is 132 Å². The van der Waals surface area contributed by atoms with E-state index in [1.807, 2.05) is 13.0 Å². The number of aryl methyl sites for hydroxylation is 1. The van der Waals surface area contributed by atoms with Gasteiger partial charge in [-0.25, -0.2) is 0 Å². The van der Waals surface area contributed by atoms with Gasteiger partial charge in [0, 0.05) is 6.42 Å². The van der Waals surface area contributed by atoms with Crippen molar-refractivity contribution in [3.8, 4) is 5.75 Å². The highest BCUT2D eigenvalue weighted by atomic mass is 16.5. The molecule has 2 aliphatic rings. The molecule has 0 unspecified atom stereocenters. The Bertz CT molecular complexity index is 617. The number of ether oxygens (including phenoxy) is 1. The zero-order valence-electron chi connectivity index (χ0n) is 13.4. The molecule has 118 valence electrons. The maximum absolute atomic E-state index is 12.1. The van der Waals surface area contributed by atoms with Crippen LogP contribution in [-0.4, -0.2) is 24.1 Å². The van der Waals surface area contributed by atoms with Crippen LogP contribution >= 0.6 is 0 Å². The summed E-state index contributed by atoms with van der Waals surface area (Å²) in [6.45, 7) is 1.90. The number of carbonyl (C=O) groups excluding carboxylic acids is 1. The van der Waals surface area contributed by atoms with Crippen molar-refractivity contribution in [1.82, 2.24) is 0 Å². The van der Waals surface area contributed by atoms with Crippen LogP contribution in [0, 0.1) is 5.41 Å². The summed E-state index contributed by atoms with van der Waals surface area (Å²) in [6.07, 6.45) is 6.66. The van der Waals surface area contributed by atoms with Gasteiger partial charge in [-0.15, -0.1) is 0 Å². The highest BCUT2D eigenvalue weighted by molar-refractivity contribution is 5.88. The molecule has 0 spiro atoms. The minimum Gasteiger partial charge on any atom is -0.497 e.